The van der Waals surface area contributed by atoms with Crippen LogP contribution in [0.5, 0.6) is 0 Å². The van der Waals surface area contributed by atoms with E-state index < -0.39 is 0 Å². The number of anilines is 3. The number of thioether (sulfide) groups is 1. The van der Waals surface area contributed by atoms with E-state index in [1.807, 2.05) is 11.8 Å². The van der Waals surface area contributed by atoms with Crippen LogP contribution < -0.4 is 4.90 Å². The molecule has 2 unspecified atom stereocenters. The van der Waals surface area contributed by atoms with Crippen molar-refractivity contribution in [3.8, 4) is 0 Å². The molecule has 0 aliphatic rings. The molecule has 0 aliphatic carbocycles. The van der Waals surface area contributed by atoms with E-state index in [-0.39, 0.29) is 10.8 Å². The highest BCUT2D eigenvalue weighted by Gasteiger charge is 2.26. The van der Waals surface area contributed by atoms with Gasteiger partial charge in [-0.15, -0.1) is 11.8 Å². The predicted octanol–water partition coefficient (Wildman–Crippen LogP) is 12.8. The van der Waals surface area contributed by atoms with Crippen LogP contribution in [0.4, 0.5) is 17.1 Å². The standard InChI is InChI=1S/C38H55NS/c1-8-13-28-37(6,11-4)31-16-20-33(21-17-31)39(35-24-26-36(27-25-35)40-30-15-10-3)34-22-18-32(19-23-34)38(7,12-5)29-14-9-2/h16-27H,8-15,28-30H2,1-7H3. The number of unbranched alkanes of at least 4 members (excludes halogenated alkanes) is 3. The average molecular weight is 558 g/mol. The second kappa shape index (κ2) is 15.7. The average Bonchev–Trinajstić information content (AvgIpc) is 3.00. The molecule has 0 saturated carbocycles. The summed E-state index contributed by atoms with van der Waals surface area (Å²) in [6, 6.07) is 28.0. The number of hydrogen-bond acceptors (Lipinski definition) is 2. The third-order valence-corrected chi connectivity index (χ3v) is 10.3. The van der Waals surface area contributed by atoms with Crippen molar-refractivity contribution < 1.29 is 0 Å². The summed E-state index contributed by atoms with van der Waals surface area (Å²) in [7, 11) is 0. The van der Waals surface area contributed by atoms with Crippen molar-refractivity contribution >= 4 is 28.8 Å². The van der Waals surface area contributed by atoms with E-state index in [1.54, 1.807) is 0 Å². The lowest BCUT2D eigenvalue weighted by molar-refractivity contribution is 0.403. The summed E-state index contributed by atoms with van der Waals surface area (Å²) in [5.74, 6) is 1.19. The molecule has 2 atom stereocenters. The van der Waals surface area contributed by atoms with Crippen LogP contribution in [0.2, 0.25) is 0 Å². The SMILES string of the molecule is CCCCSc1ccc(N(c2ccc(C(C)(CC)CCCC)cc2)c2ccc(C(C)(CC)CCCC)cc2)cc1. The second-order valence-electron chi connectivity index (χ2n) is 12.2. The van der Waals surface area contributed by atoms with E-state index in [2.05, 4.69) is 126 Å². The summed E-state index contributed by atoms with van der Waals surface area (Å²) in [5.41, 5.74) is 7.05. The van der Waals surface area contributed by atoms with Crippen LogP contribution in [0.3, 0.4) is 0 Å². The summed E-state index contributed by atoms with van der Waals surface area (Å²) in [4.78, 5) is 3.78. The minimum absolute atomic E-state index is 0.238. The Bertz CT molecular complexity index is 1050. The fourth-order valence-corrected chi connectivity index (χ4v) is 6.68. The summed E-state index contributed by atoms with van der Waals surface area (Å²) >= 11 is 1.97. The van der Waals surface area contributed by atoms with E-state index in [0.29, 0.717) is 0 Å². The number of benzene rings is 3. The molecule has 0 spiro atoms. The zero-order valence-corrected chi connectivity index (χ0v) is 27.4. The minimum Gasteiger partial charge on any atom is -0.311 e. The van der Waals surface area contributed by atoms with Crippen LogP contribution in [0, 0.1) is 0 Å². The van der Waals surface area contributed by atoms with Gasteiger partial charge in [-0.05, 0) is 108 Å². The molecular weight excluding hydrogens is 502 g/mol. The van der Waals surface area contributed by atoms with Crippen molar-refractivity contribution in [2.24, 2.45) is 0 Å². The zero-order valence-electron chi connectivity index (χ0n) is 26.6. The molecule has 3 aromatic rings. The Morgan fingerprint density at radius 2 is 0.900 bits per heavy atom. The Balaban J connectivity index is 1.98. The first kappa shape index (κ1) is 32.3. The van der Waals surface area contributed by atoms with Crippen molar-refractivity contribution in [3.05, 3.63) is 83.9 Å². The van der Waals surface area contributed by atoms with Crippen LogP contribution in [0.15, 0.2) is 77.7 Å². The maximum Gasteiger partial charge on any atom is 0.0462 e. The fraction of sp³-hybridized carbons (Fsp3) is 0.526. The maximum atomic E-state index is 2.44. The summed E-state index contributed by atoms with van der Waals surface area (Å²) in [6.45, 7) is 16.4. The first-order chi connectivity index (χ1) is 19.3. The Morgan fingerprint density at radius 3 is 1.25 bits per heavy atom. The van der Waals surface area contributed by atoms with Crippen LogP contribution >= 0.6 is 11.8 Å². The van der Waals surface area contributed by atoms with E-state index in [9.17, 15) is 0 Å². The lowest BCUT2D eigenvalue weighted by Gasteiger charge is -2.32. The zero-order chi connectivity index (χ0) is 29.0. The third-order valence-electron chi connectivity index (χ3n) is 9.23. The highest BCUT2D eigenvalue weighted by molar-refractivity contribution is 7.99. The Morgan fingerprint density at radius 1 is 0.525 bits per heavy atom. The minimum atomic E-state index is 0.238. The normalized spacial score (nSPS) is 14.5. The molecule has 0 radical (unpaired) electrons. The molecule has 40 heavy (non-hydrogen) atoms. The van der Waals surface area contributed by atoms with Gasteiger partial charge in [-0.3, -0.25) is 0 Å². The molecule has 0 aliphatic heterocycles. The lowest BCUT2D eigenvalue weighted by atomic mass is 9.76. The van der Waals surface area contributed by atoms with Gasteiger partial charge in [0.05, 0.1) is 0 Å². The van der Waals surface area contributed by atoms with Gasteiger partial charge in [0.1, 0.15) is 0 Å². The highest BCUT2D eigenvalue weighted by atomic mass is 32.2. The van der Waals surface area contributed by atoms with E-state index in [1.165, 1.54) is 103 Å². The van der Waals surface area contributed by atoms with Crippen LogP contribution in [0.25, 0.3) is 0 Å². The molecule has 218 valence electrons. The van der Waals surface area contributed by atoms with Crippen molar-refractivity contribution in [3.63, 3.8) is 0 Å². The van der Waals surface area contributed by atoms with Crippen LogP contribution in [-0.4, -0.2) is 5.75 Å². The van der Waals surface area contributed by atoms with Gasteiger partial charge in [-0.2, -0.15) is 0 Å². The van der Waals surface area contributed by atoms with Gasteiger partial charge in [0.2, 0.25) is 0 Å². The first-order valence-electron chi connectivity index (χ1n) is 16.1. The Kier molecular flexibility index (Phi) is 12.7. The third kappa shape index (κ3) is 8.19. The molecule has 2 heteroatoms. The van der Waals surface area contributed by atoms with Gasteiger partial charge in [-0.1, -0.05) is 105 Å². The molecule has 0 saturated heterocycles. The quantitative estimate of drug-likeness (QED) is 0.120. The second-order valence-corrected chi connectivity index (χ2v) is 13.3. The van der Waals surface area contributed by atoms with Gasteiger partial charge >= 0.3 is 0 Å². The van der Waals surface area contributed by atoms with Crippen LogP contribution in [0.1, 0.15) is 124 Å². The van der Waals surface area contributed by atoms with Gasteiger partial charge in [0, 0.05) is 22.0 Å². The van der Waals surface area contributed by atoms with Crippen LogP contribution in [-0.2, 0) is 10.8 Å². The van der Waals surface area contributed by atoms with E-state index in [0.717, 1.165) is 0 Å². The van der Waals surface area contributed by atoms with E-state index in [4.69, 9.17) is 0 Å². The van der Waals surface area contributed by atoms with Gasteiger partial charge in [0.15, 0.2) is 0 Å². The summed E-state index contributed by atoms with van der Waals surface area (Å²) in [6.07, 6.45) is 12.4. The molecule has 0 N–H and O–H groups in total. The van der Waals surface area contributed by atoms with Crippen molar-refractivity contribution in [2.75, 3.05) is 10.7 Å². The maximum absolute atomic E-state index is 2.44. The number of rotatable bonds is 17. The molecule has 0 amide bonds. The molecule has 0 heterocycles. The molecule has 3 aromatic carbocycles. The van der Waals surface area contributed by atoms with E-state index >= 15 is 0 Å². The Labute approximate surface area is 251 Å². The molecule has 0 bridgehead atoms. The van der Waals surface area contributed by atoms with Gasteiger partial charge in [-0.25, -0.2) is 0 Å². The molecule has 1 nitrogen and oxygen atoms in total. The number of nitrogens with zero attached hydrogens (tertiary/aromatic N) is 1. The molecular formula is C38H55NS. The first-order valence-corrected chi connectivity index (χ1v) is 17.1. The number of hydrogen-bond donors (Lipinski definition) is 0. The van der Waals surface area contributed by atoms with Gasteiger partial charge < -0.3 is 4.90 Å². The van der Waals surface area contributed by atoms with Crippen molar-refractivity contribution in [2.45, 2.75) is 128 Å². The molecule has 0 fully saturated rings. The molecule has 3 rings (SSSR count). The monoisotopic (exact) mass is 557 g/mol. The highest BCUT2D eigenvalue weighted by Crippen LogP contribution is 2.40. The van der Waals surface area contributed by atoms with Crippen molar-refractivity contribution in [1.82, 2.24) is 0 Å². The smallest absolute Gasteiger partial charge is 0.0462 e. The van der Waals surface area contributed by atoms with Gasteiger partial charge in [0.25, 0.3) is 0 Å². The fourth-order valence-electron chi connectivity index (χ4n) is 5.68. The predicted molar refractivity (Wildman–Crippen MR) is 181 cm³/mol. The topological polar surface area (TPSA) is 3.24 Å². The summed E-state index contributed by atoms with van der Waals surface area (Å²) in [5, 5.41) is 0. The Hall–Kier alpha value is -2.19. The largest absolute Gasteiger partial charge is 0.311 e. The van der Waals surface area contributed by atoms with Crippen molar-refractivity contribution in [1.29, 1.82) is 0 Å². The lowest BCUT2D eigenvalue weighted by Crippen LogP contribution is -2.21. The molecule has 0 aromatic heterocycles. The summed E-state index contributed by atoms with van der Waals surface area (Å²) < 4.78 is 0.